The van der Waals surface area contributed by atoms with Crippen molar-refractivity contribution >= 4 is 27.5 Å². The average molecular weight is 461 g/mol. The van der Waals surface area contributed by atoms with Crippen LogP contribution >= 0.6 is 11.6 Å². The van der Waals surface area contributed by atoms with Crippen molar-refractivity contribution in [1.29, 1.82) is 5.26 Å². The van der Waals surface area contributed by atoms with Gasteiger partial charge in [-0.25, -0.2) is 13.4 Å². The number of hydrogen-bond acceptors (Lipinski definition) is 5. The van der Waals surface area contributed by atoms with E-state index in [1.807, 2.05) is 35.0 Å². The topological polar surface area (TPSA) is 88.6 Å². The quantitative estimate of drug-likeness (QED) is 0.378. The van der Waals surface area contributed by atoms with Crippen LogP contribution in [0.4, 0.5) is 0 Å². The molecule has 0 spiro atoms. The van der Waals surface area contributed by atoms with E-state index in [-0.39, 0.29) is 9.80 Å². The number of benzene rings is 2. The third kappa shape index (κ3) is 4.62. The molecule has 0 aliphatic rings. The number of hydrogen-bond donors (Lipinski definition) is 0. The highest BCUT2D eigenvalue weighted by atomic mass is 35.5. The maximum atomic E-state index is 12.8. The van der Waals surface area contributed by atoms with E-state index < -0.39 is 9.84 Å². The van der Waals surface area contributed by atoms with E-state index in [1.165, 1.54) is 18.2 Å². The van der Waals surface area contributed by atoms with Crippen molar-refractivity contribution in [2.45, 2.75) is 11.4 Å². The number of halogens is 1. The van der Waals surface area contributed by atoms with Gasteiger partial charge < -0.3 is 4.57 Å². The Hall–Kier alpha value is -3.73. The minimum Gasteiger partial charge on any atom is -0.332 e. The van der Waals surface area contributed by atoms with E-state index >= 15 is 0 Å². The van der Waals surface area contributed by atoms with E-state index in [9.17, 15) is 13.7 Å². The van der Waals surface area contributed by atoms with Crippen LogP contribution < -0.4 is 0 Å². The van der Waals surface area contributed by atoms with Crippen LogP contribution in [-0.2, 0) is 16.4 Å². The van der Waals surface area contributed by atoms with Crippen molar-refractivity contribution in [3.8, 4) is 17.5 Å². The van der Waals surface area contributed by atoms with E-state index in [1.54, 1.807) is 48.9 Å². The molecule has 0 bridgehead atoms. The summed E-state index contributed by atoms with van der Waals surface area (Å²) in [4.78, 5) is 8.47. The van der Waals surface area contributed by atoms with Crippen molar-refractivity contribution in [1.82, 2.24) is 14.5 Å². The molecule has 158 valence electrons. The molecule has 0 fully saturated rings. The van der Waals surface area contributed by atoms with Gasteiger partial charge in [-0.15, -0.1) is 0 Å². The molecule has 0 N–H and O–H groups in total. The number of imidazole rings is 1. The van der Waals surface area contributed by atoms with Crippen LogP contribution in [-0.4, -0.2) is 23.0 Å². The zero-order valence-corrected chi connectivity index (χ0v) is 18.3. The second-order valence-corrected chi connectivity index (χ2v) is 9.26. The summed E-state index contributed by atoms with van der Waals surface area (Å²) in [6.07, 6.45) is 6.42. The largest absolute Gasteiger partial charge is 0.332 e. The SMILES string of the molecule is N#C/C(=C\c1ccnc(-c2cn(Cc3ccccc3Cl)cn2)c1)S(=O)(=O)c1ccccc1. The van der Waals surface area contributed by atoms with Gasteiger partial charge in [-0.05, 0) is 47.5 Å². The van der Waals surface area contributed by atoms with Gasteiger partial charge in [-0.1, -0.05) is 48.0 Å². The fourth-order valence-corrected chi connectivity index (χ4v) is 4.50. The van der Waals surface area contributed by atoms with Gasteiger partial charge in [0.05, 0.1) is 16.9 Å². The molecule has 0 saturated heterocycles. The van der Waals surface area contributed by atoms with E-state index in [4.69, 9.17) is 11.6 Å². The van der Waals surface area contributed by atoms with Crippen molar-refractivity contribution in [3.63, 3.8) is 0 Å². The molecule has 0 atom stereocenters. The lowest BCUT2D eigenvalue weighted by Crippen LogP contribution is -2.03. The molecule has 2 aromatic carbocycles. The highest BCUT2D eigenvalue weighted by Gasteiger charge is 2.20. The lowest BCUT2D eigenvalue weighted by Gasteiger charge is -2.04. The van der Waals surface area contributed by atoms with Crippen molar-refractivity contribution < 1.29 is 8.42 Å². The van der Waals surface area contributed by atoms with Crippen LogP contribution in [0, 0.1) is 11.3 Å². The number of aromatic nitrogens is 3. The molecule has 0 saturated carbocycles. The summed E-state index contributed by atoms with van der Waals surface area (Å²) in [5, 5.41) is 10.2. The van der Waals surface area contributed by atoms with Gasteiger partial charge in [0.2, 0.25) is 9.84 Å². The highest BCUT2D eigenvalue weighted by molar-refractivity contribution is 7.95. The second kappa shape index (κ2) is 9.18. The Morgan fingerprint density at radius 1 is 1.03 bits per heavy atom. The molecule has 0 unspecified atom stereocenters. The number of sulfone groups is 1. The van der Waals surface area contributed by atoms with Gasteiger partial charge >= 0.3 is 0 Å². The standard InChI is InChI=1S/C24H17ClN4O2S/c25-22-9-5-4-6-19(22)15-29-16-24(28-17-29)23-13-18(10-11-27-23)12-21(14-26)32(30,31)20-7-2-1-3-8-20/h1-13,16-17H,15H2/b21-12+. The monoisotopic (exact) mass is 460 g/mol. The number of rotatable bonds is 6. The summed E-state index contributed by atoms with van der Waals surface area (Å²) in [5.41, 5.74) is 2.68. The molecular weight excluding hydrogens is 444 g/mol. The minimum absolute atomic E-state index is 0.0698. The second-order valence-electron chi connectivity index (χ2n) is 6.93. The summed E-state index contributed by atoms with van der Waals surface area (Å²) in [6.45, 7) is 0.556. The van der Waals surface area contributed by atoms with Crippen molar-refractivity contribution in [3.05, 3.63) is 107 Å². The van der Waals surface area contributed by atoms with Crippen LogP contribution in [0.15, 0.2) is 95.3 Å². The van der Waals surface area contributed by atoms with E-state index in [0.717, 1.165) is 5.56 Å². The number of allylic oxidation sites excluding steroid dienone is 1. The summed E-state index contributed by atoms with van der Waals surface area (Å²) in [7, 11) is -3.91. The molecule has 0 radical (unpaired) electrons. The first kappa shape index (κ1) is 21.5. The van der Waals surface area contributed by atoms with E-state index in [2.05, 4.69) is 9.97 Å². The Balaban J connectivity index is 1.62. The molecule has 4 aromatic rings. The molecule has 2 heterocycles. The molecule has 2 aromatic heterocycles. The van der Waals surface area contributed by atoms with Gasteiger partial charge in [0.15, 0.2) is 0 Å². The Morgan fingerprint density at radius 3 is 2.53 bits per heavy atom. The Labute approximate surface area is 191 Å². The van der Waals surface area contributed by atoms with Crippen LogP contribution in [0.5, 0.6) is 0 Å². The molecule has 8 heteroatoms. The Bertz CT molecular complexity index is 1440. The smallest absolute Gasteiger partial charge is 0.216 e. The summed E-state index contributed by atoms with van der Waals surface area (Å²) < 4.78 is 27.5. The van der Waals surface area contributed by atoms with Crippen LogP contribution in [0.3, 0.4) is 0 Å². The van der Waals surface area contributed by atoms with Gasteiger partial charge in [-0.3, -0.25) is 4.98 Å². The molecule has 4 rings (SSSR count). The molecule has 0 aliphatic carbocycles. The molecule has 0 amide bonds. The third-order valence-electron chi connectivity index (χ3n) is 4.74. The Morgan fingerprint density at radius 2 is 1.78 bits per heavy atom. The molecule has 32 heavy (non-hydrogen) atoms. The normalized spacial score (nSPS) is 11.8. The van der Waals surface area contributed by atoms with Crippen LogP contribution in [0.1, 0.15) is 11.1 Å². The fourth-order valence-electron chi connectivity index (χ4n) is 3.13. The van der Waals surface area contributed by atoms with Crippen LogP contribution in [0.2, 0.25) is 5.02 Å². The van der Waals surface area contributed by atoms with Gasteiger partial charge in [0, 0.05) is 24.0 Å². The molecule has 6 nitrogen and oxygen atoms in total. The first-order valence-electron chi connectivity index (χ1n) is 9.61. The number of nitriles is 1. The fraction of sp³-hybridized carbons (Fsp3) is 0.0417. The Kier molecular flexibility index (Phi) is 6.17. The lowest BCUT2D eigenvalue weighted by atomic mass is 10.2. The zero-order chi connectivity index (χ0) is 22.6. The summed E-state index contributed by atoms with van der Waals surface area (Å²) in [5.74, 6) is 0. The zero-order valence-electron chi connectivity index (χ0n) is 16.8. The van der Waals surface area contributed by atoms with Crippen LogP contribution in [0.25, 0.3) is 17.5 Å². The number of nitrogens with zero attached hydrogens (tertiary/aromatic N) is 4. The first-order valence-corrected chi connectivity index (χ1v) is 11.5. The molecular formula is C24H17ClN4O2S. The lowest BCUT2D eigenvalue weighted by molar-refractivity contribution is 0.603. The van der Waals surface area contributed by atoms with Gasteiger partial charge in [0.25, 0.3) is 0 Å². The minimum atomic E-state index is -3.91. The number of pyridine rings is 1. The molecule has 0 aliphatic heterocycles. The maximum Gasteiger partial charge on any atom is 0.216 e. The highest BCUT2D eigenvalue weighted by Crippen LogP contribution is 2.23. The predicted octanol–water partition coefficient (Wildman–Crippen LogP) is 4.99. The predicted molar refractivity (Wildman–Crippen MR) is 123 cm³/mol. The van der Waals surface area contributed by atoms with Gasteiger partial charge in [0.1, 0.15) is 16.7 Å². The maximum absolute atomic E-state index is 12.8. The van der Waals surface area contributed by atoms with Crippen molar-refractivity contribution in [2.24, 2.45) is 0 Å². The van der Waals surface area contributed by atoms with Gasteiger partial charge in [-0.2, -0.15) is 5.26 Å². The summed E-state index contributed by atoms with van der Waals surface area (Å²) in [6, 6.07) is 20.6. The summed E-state index contributed by atoms with van der Waals surface area (Å²) >= 11 is 6.23. The average Bonchev–Trinajstić information content (AvgIpc) is 3.28. The first-order chi connectivity index (χ1) is 15.5. The third-order valence-corrected chi connectivity index (χ3v) is 6.79. The van der Waals surface area contributed by atoms with Crippen molar-refractivity contribution in [2.75, 3.05) is 0 Å². The van der Waals surface area contributed by atoms with E-state index in [0.29, 0.717) is 28.5 Å².